The van der Waals surface area contributed by atoms with Crippen LogP contribution < -0.4 is 5.32 Å². The fourth-order valence-corrected chi connectivity index (χ4v) is 13.7. The first-order chi connectivity index (χ1) is 25.5. The second-order valence-corrected chi connectivity index (χ2v) is 21.2. The van der Waals surface area contributed by atoms with Crippen molar-refractivity contribution in [3.05, 3.63) is 47.0 Å². The fourth-order valence-electron chi connectivity index (χ4n) is 13.7. The van der Waals surface area contributed by atoms with Crippen LogP contribution in [0.3, 0.4) is 0 Å². The van der Waals surface area contributed by atoms with Crippen molar-refractivity contribution in [1.82, 2.24) is 10.2 Å². The number of allylic oxidation sites excluding steroid dienone is 1. The molecule has 0 amide bonds. The van der Waals surface area contributed by atoms with Crippen molar-refractivity contribution in [2.24, 2.45) is 56.2 Å². The van der Waals surface area contributed by atoms with Crippen LogP contribution in [0.15, 0.2) is 41.5 Å². The lowest BCUT2D eigenvalue weighted by Crippen LogP contribution is -2.66. The van der Waals surface area contributed by atoms with E-state index in [4.69, 9.17) is 4.74 Å². The van der Waals surface area contributed by atoms with Gasteiger partial charge in [0, 0.05) is 36.4 Å². The molecule has 8 heteroatoms. The van der Waals surface area contributed by atoms with Gasteiger partial charge in [0.2, 0.25) is 0 Å². The summed E-state index contributed by atoms with van der Waals surface area (Å²) in [4.78, 5) is 41.3. The molecule has 0 aromatic heterocycles. The molecule has 5 aliphatic rings. The van der Waals surface area contributed by atoms with E-state index in [-0.39, 0.29) is 57.8 Å². The Kier molecular flexibility index (Phi) is 11.2. The lowest BCUT2D eigenvalue weighted by Gasteiger charge is -2.72. The van der Waals surface area contributed by atoms with Gasteiger partial charge in [0.15, 0.2) is 5.78 Å². The SMILES string of the molecule is CC(C)C1=C2[C@H]3CC[C@@H]4[C@@]5(C)CC[C@H](OC(=O)CC(C)(C)C(=O)O)C(C)(C)[C@@H]5CC[C@@]4(C)[C@]3(C)CCC2(C(O)CN[C@H](CN(C)C)c2ccccc2)CC1=O. The van der Waals surface area contributed by atoms with E-state index in [2.05, 4.69) is 97.0 Å². The molecule has 1 aromatic rings. The highest BCUT2D eigenvalue weighted by atomic mass is 16.5. The van der Waals surface area contributed by atoms with Gasteiger partial charge in [-0.3, -0.25) is 14.4 Å². The number of nitrogens with zero attached hydrogens (tertiary/aromatic N) is 1. The lowest BCUT2D eigenvalue weighted by molar-refractivity contribution is -0.235. The topological polar surface area (TPSA) is 116 Å². The average Bonchev–Trinajstić information content (AvgIpc) is 3.41. The maximum atomic E-state index is 14.2. The number of aliphatic hydroxyl groups excluding tert-OH is 1. The molecular formula is C47H72N2O6. The van der Waals surface area contributed by atoms with Crippen molar-refractivity contribution in [1.29, 1.82) is 0 Å². The number of carbonyl (C=O) groups is 3. The number of carbonyl (C=O) groups excluding carboxylic acids is 2. The summed E-state index contributed by atoms with van der Waals surface area (Å²) in [7, 11) is 4.16. The fraction of sp³-hybridized carbons (Fsp3) is 0.766. The number of aliphatic carboxylic acids is 1. The minimum Gasteiger partial charge on any atom is -0.481 e. The maximum Gasteiger partial charge on any atom is 0.309 e. The molecule has 5 aliphatic carbocycles. The minimum absolute atomic E-state index is 0.0198. The van der Waals surface area contributed by atoms with Crippen LogP contribution in [0.5, 0.6) is 0 Å². The number of likely N-dealkylation sites (N-methyl/N-ethyl adjacent to an activating group) is 1. The van der Waals surface area contributed by atoms with E-state index in [9.17, 15) is 24.6 Å². The van der Waals surface area contributed by atoms with Crippen molar-refractivity contribution in [2.45, 2.75) is 145 Å². The zero-order valence-corrected chi connectivity index (χ0v) is 35.9. The van der Waals surface area contributed by atoms with Gasteiger partial charge in [0.1, 0.15) is 6.10 Å². The molecule has 0 saturated heterocycles. The van der Waals surface area contributed by atoms with Crippen molar-refractivity contribution < 1.29 is 29.3 Å². The van der Waals surface area contributed by atoms with E-state index >= 15 is 0 Å². The van der Waals surface area contributed by atoms with Gasteiger partial charge in [-0.2, -0.15) is 0 Å². The van der Waals surface area contributed by atoms with Gasteiger partial charge in [-0.25, -0.2) is 0 Å². The van der Waals surface area contributed by atoms with Gasteiger partial charge in [-0.15, -0.1) is 0 Å². The van der Waals surface area contributed by atoms with E-state index in [1.165, 1.54) is 11.1 Å². The summed E-state index contributed by atoms with van der Waals surface area (Å²) in [5.41, 5.74) is 1.63. The number of ketones is 1. The number of hydrogen-bond donors (Lipinski definition) is 3. The van der Waals surface area contributed by atoms with Gasteiger partial charge in [-0.05, 0) is 130 Å². The Balaban J connectivity index is 1.27. The number of carboxylic acid groups (broad SMARTS) is 1. The summed E-state index contributed by atoms with van der Waals surface area (Å²) in [6.07, 6.45) is 7.18. The van der Waals surface area contributed by atoms with E-state index in [1.54, 1.807) is 13.8 Å². The van der Waals surface area contributed by atoms with Crippen LogP contribution in [-0.2, 0) is 19.1 Å². The molecule has 0 heterocycles. The molecule has 4 saturated carbocycles. The van der Waals surface area contributed by atoms with Crippen LogP contribution in [0.2, 0.25) is 0 Å². The third-order valence-corrected chi connectivity index (χ3v) is 16.8. The highest BCUT2D eigenvalue weighted by Gasteiger charge is 2.70. The van der Waals surface area contributed by atoms with Crippen LogP contribution >= 0.6 is 0 Å². The zero-order chi connectivity index (χ0) is 40.5. The number of esters is 1. The molecule has 0 spiro atoms. The Hall–Kier alpha value is -2.55. The summed E-state index contributed by atoms with van der Waals surface area (Å²) < 4.78 is 6.19. The molecule has 0 bridgehead atoms. The second kappa shape index (κ2) is 14.7. The number of rotatable bonds is 12. The number of nitrogens with one attached hydrogen (secondary N) is 1. The van der Waals surface area contributed by atoms with Gasteiger partial charge < -0.3 is 25.2 Å². The second-order valence-electron chi connectivity index (χ2n) is 21.2. The molecule has 3 N–H and O–H groups in total. The number of benzene rings is 1. The van der Waals surface area contributed by atoms with Crippen LogP contribution in [0.4, 0.5) is 0 Å². The van der Waals surface area contributed by atoms with Crippen LogP contribution in [0.25, 0.3) is 0 Å². The molecule has 306 valence electrons. The molecule has 8 nitrogen and oxygen atoms in total. The Morgan fingerprint density at radius 2 is 1.60 bits per heavy atom. The van der Waals surface area contributed by atoms with Gasteiger partial charge >= 0.3 is 11.9 Å². The van der Waals surface area contributed by atoms with Crippen molar-refractivity contribution in [2.75, 3.05) is 27.2 Å². The first-order valence-corrected chi connectivity index (χ1v) is 21.4. The predicted molar refractivity (Wildman–Crippen MR) is 217 cm³/mol. The highest BCUT2D eigenvalue weighted by molar-refractivity contribution is 6.00. The van der Waals surface area contributed by atoms with E-state index in [1.807, 2.05) is 6.07 Å². The first-order valence-electron chi connectivity index (χ1n) is 21.4. The standard InChI is InChI=1S/C47H72N2O6/c1-29(2)39-33(50)25-47(36(51)27-48-32(28-49(10)11)30-15-13-12-14-16-30)24-23-45(8)31(40(39)47)17-18-35-44(7)21-20-37(55-38(52)26-42(3,4)41(53)54)43(5,6)34(44)19-22-46(35,45)9/h12-16,29,31-32,34-37,48,51H,17-28H2,1-11H3,(H,53,54)/t31-,32-,34+,35-,36?,37+,44+,45-,46-,47?/m1/s1. The van der Waals surface area contributed by atoms with Crippen molar-refractivity contribution >= 4 is 17.7 Å². The predicted octanol–water partition coefficient (Wildman–Crippen LogP) is 8.63. The Labute approximate surface area is 331 Å². The molecule has 0 aliphatic heterocycles. The number of aliphatic hydroxyl groups is 1. The largest absolute Gasteiger partial charge is 0.481 e. The summed E-state index contributed by atoms with van der Waals surface area (Å²) in [5, 5.41) is 25.8. The average molecular weight is 761 g/mol. The zero-order valence-electron chi connectivity index (χ0n) is 35.9. The molecule has 4 fully saturated rings. The minimum atomic E-state index is -1.17. The Morgan fingerprint density at radius 3 is 2.22 bits per heavy atom. The number of Topliss-reactive ketones (excluding diaryl/α,β-unsaturated/α-hetero) is 1. The lowest BCUT2D eigenvalue weighted by atomic mass is 9.33. The maximum absolute atomic E-state index is 14.2. The van der Waals surface area contributed by atoms with Crippen molar-refractivity contribution in [3.8, 4) is 0 Å². The van der Waals surface area contributed by atoms with Crippen LogP contribution in [0, 0.1) is 56.2 Å². The molecule has 10 atom stereocenters. The summed E-state index contributed by atoms with van der Waals surface area (Å²) in [6.45, 7) is 21.0. The van der Waals surface area contributed by atoms with Gasteiger partial charge in [0.05, 0.1) is 17.9 Å². The quantitative estimate of drug-likeness (QED) is 0.182. The Morgan fingerprint density at radius 1 is 0.927 bits per heavy atom. The molecule has 1 aromatic carbocycles. The summed E-state index contributed by atoms with van der Waals surface area (Å²) in [5.74, 6) is 0.0404. The molecular weight excluding hydrogens is 689 g/mol. The monoisotopic (exact) mass is 761 g/mol. The summed E-state index contributed by atoms with van der Waals surface area (Å²) >= 11 is 0. The molecule has 55 heavy (non-hydrogen) atoms. The van der Waals surface area contributed by atoms with E-state index in [0.29, 0.717) is 24.8 Å². The summed E-state index contributed by atoms with van der Waals surface area (Å²) in [6, 6.07) is 10.5. The Bertz CT molecular complexity index is 1670. The molecule has 2 unspecified atom stereocenters. The third-order valence-electron chi connectivity index (χ3n) is 16.8. The van der Waals surface area contributed by atoms with E-state index in [0.717, 1.165) is 63.5 Å². The number of ether oxygens (including phenoxy) is 1. The van der Waals surface area contributed by atoms with Gasteiger partial charge in [0.25, 0.3) is 0 Å². The molecule has 6 rings (SSSR count). The van der Waals surface area contributed by atoms with Crippen molar-refractivity contribution in [3.63, 3.8) is 0 Å². The molecule has 0 radical (unpaired) electrons. The highest BCUT2D eigenvalue weighted by Crippen LogP contribution is 2.77. The normalized spacial score (nSPS) is 36.8. The first kappa shape index (κ1) is 42.1. The van der Waals surface area contributed by atoms with Crippen LogP contribution in [0.1, 0.15) is 138 Å². The smallest absolute Gasteiger partial charge is 0.309 e. The van der Waals surface area contributed by atoms with Gasteiger partial charge in [-0.1, -0.05) is 84.4 Å². The third kappa shape index (κ3) is 6.86. The number of fused-ring (bicyclic) bond motifs is 7. The van der Waals surface area contributed by atoms with E-state index < -0.39 is 28.9 Å². The van der Waals surface area contributed by atoms with Crippen LogP contribution in [-0.4, -0.2) is 72.2 Å². The number of carboxylic acids is 1. The number of hydrogen-bond acceptors (Lipinski definition) is 7.